The number of hydrogen-bond donors (Lipinski definition) is 2. The summed E-state index contributed by atoms with van der Waals surface area (Å²) in [7, 11) is 6.87. The number of urea groups is 1. The fourth-order valence-electron chi connectivity index (χ4n) is 2.95. The topological polar surface area (TPSA) is 105 Å². The highest BCUT2D eigenvalue weighted by Crippen LogP contribution is 2.25. The summed E-state index contributed by atoms with van der Waals surface area (Å²) in [4.78, 5) is 29.8. The molecule has 10 nitrogen and oxygen atoms in total. The van der Waals surface area contributed by atoms with Crippen LogP contribution in [0, 0.1) is 0 Å². The number of anilines is 3. The molecule has 0 spiro atoms. The molecule has 1 fully saturated rings. The molecule has 3 rings (SSSR count). The van der Waals surface area contributed by atoms with Gasteiger partial charge in [-0.05, 0) is 12.8 Å². The molecule has 0 saturated carbocycles. The number of amides is 2. The van der Waals surface area contributed by atoms with Crippen LogP contribution in [-0.4, -0.2) is 62.4 Å². The maximum atomic E-state index is 12.3. The average Bonchev–Trinajstić information content (AvgIpc) is 3.26. The number of nitrogens with zero attached hydrogens (tertiary/aromatic N) is 5. The first-order valence-corrected chi connectivity index (χ1v) is 9.43. The van der Waals surface area contributed by atoms with E-state index in [9.17, 15) is 4.79 Å². The van der Waals surface area contributed by atoms with Crippen LogP contribution in [0.2, 0.25) is 0 Å². The molecule has 0 atom stereocenters. The Balaban J connectivity index is 1.68. The minimum Gasteiger partial charge on any atom is -0.497 e. The molecule has 0 aliphatic carbocycles. The molecule has 2 heterocycles. The zero-order valence-electron chi connectivity index (χ0n) is 17.2. The highest BCUT2D eigenvalue weighted by Gasteiger charge is 2.18. The van der Waals surface area contributed by atoms with Crippen LogP contribution in [0.5, 0.6) is 11.5 Å². The number of methoxy groups -OCH3 is 2. The van der Waals surface area contributed by atoms with E-state index in [0.29, 0.717) is 34.9 Å². The Kier molecular flexibility index (Phi) is 6.53. The van der Waals surface area contributed by atoms with Crippen LogP contribution in [0.1, 0.15) is 18.7 Å². The van der Waals surface area contributed by atoms with Crippen molar-refractivity contribution >= 4 is 23.6 Å². The molecule has 2 aromatic rings. The minimum absolute atomic E-state index is 0.178. The standard InChI is InChI=1S/C19H27N7O3/c1-25(2)17-22-16(23-18(24-17)26-7-5-6-8-26)12-20-19(27)21-13-9-14(28-3)11-15(10-13)29-4/h9-11H,5-8,12H2,1-4H3,(H2,20,21,27). The molecule has 2 amide bonds. The third-order valence-corrected chi connectivity index (χ3v) is 4.46. The lowest BCUT2D eigenvalue weighted by Gasteiger charge is -2.19. The normalized spacial score (nSPS) is 13.2. The Morgan fingerprint density at radius 2 is 1.72 bits per heavy atom. The van der Waals surface area contributed by atoms with Gasteiger partial charge in [-0.3, -0.25) is 0 Å². The lowest BCUT2D eigenvalue weighted by atomic mass is 10.3. The SMILES string of the molecule is COc1cc(NC(=O)NCc2nc(N(C)C)nc(N3CCCC3)n2)cc(OC)c1. The average molecular weight is 401 g/mol. The number of benzene rings is 1. The van der Waals surface area contributed by atoms with Crippen molar-refractivity contribution in [1.82, 2.24) is 20.3 Å². The second kappa shape index (κ2) is 9.26. The van der Waals surface area contributed by atoms with Crippen LogP contribution < -0.4 is 29.9 Å². The molecule has 0 unspecified atom stereocenters. The maximum absolute atomic E-state index is 12.3. The molecule has 0 bridgehead atoms. The third-order valence-electron chi connectivity index (χ3n) is 4.46. The quantitative estimate of drug-likeness (QED) is 0.725. The van der Waals surface area contributed by atoms with Crippen molar-refractivity contribution in [2.24, 2.45) is 0 Å². The largest absolute Gasteiger partial charge is 0.497 e. The summed E-state index contributed by atoms with van der Waals surface area (Å²) in [5.41, 5.74) is 0.557. The summed E-state index contributed by atoms with van der Waals surface area (Å²) in [6.45, 7) is 2.04. The van der Waals surface area contributed by atoms with Gasteiger partial charge in [0.1, 0.15) is 11.5 Å². The fraction of sp³-hybridized carbons (Fsp3) is 0.474. The Hall–Kier alpha value is -3.30. The molecular weight excluding hydrogens is 374 g/mol. The Morgan fingerprint density at radius 3 is 2.31 bits per heavy atom. The van der Waals surface area contributed by atoms with Gasteiger partial charge in [-0.25, -0.2) is 4.79 Å². The summed E-state index contributed by atoms with van der Waals surface area (Å²) in [6, 6.07) is 4.77. The van der Waals surface area contributed by atoms with E-state index >= 15 is 0 Å². The van der Waals surface area contributed by atoms with Crippen molar-refractivity contribution in [2.75, 3.05) is 56.5 Å². The molecule has 0 radical (unpaired) electrons. The van der Waals surface area contributed by atoms with E-state index in [1.807, 2.05) is 19.0 Å². The van der Waals surface area contributed by atoms with Gasteiger partial charge in [0.05, 0.1) is 20.8 Å². The van der Waals surface area contributed by atoms with Crippen LogP contribution in [0.15, 0.2) is 18.2 Å². The lowest BCUT2D eigenvalue weighted by molar-refractivity contribution is 0.251. The van der Waals surface area contributed by atoms with E-state index in [4.69, 9.17) is 9.47 Å². The summed E-state index contributed by atoms with van der Waals surface area (Å²) < 4.78 is 10.4. The van der Waals surface area contributed by atoms with Crippen LogP contribution in [-0.2, 0) is 6.54 Å². The molecule has 156 valence electrons. The number of hydrogen-bond acceptors (Lipinski definition) is 8. The zero-order chi connectivity index (χ0) is 20.8. The first-order chi connectivity index (χ1) is 14.0. The molecule has 2 N–H and O–H groups in total. The molecule has 1 aliphatic heterocycles. The first kappa shape index (κ1) is 20.4. The molecule has 1 saturated heterocycles. The second-order valence-electron chi connectivity index (χ2n) is 6.85. The molecule has 1 aromatic heterocycles. The predicted octanol–water partition coefficient (Wildman–Crippen LogP) is 1.88. The van der Waals surface area contributed by atoms with Crippen LogP contribution in [0.3, 0.4) is 0 Å². The smallest absolute Gasteiger partial charge is 0.319 e. The van der Waals surface area contributed by atoms with Gasteiger partial charge in [-0.1, -0.05) is 0 Å². The maximum Gasteiger partial charge on any atom is 0.319 e. The van der Waals surface area contributed by atoms with Gasteiger partial charge in [0, 0.05) is 51.1 Å². The van der Waals surface area contributed by atoms with E-state index in [-0.39, 0.29) is 12.6 Å². The van der Waals surface area contributed by atoms with E-state index in [0.717, 1.165) is 25.9 Å². The molecule has 1 aliphatic rings. The van der Waals surface area contributed by atoms with Crippen LogP contribution in [0.25, 0.3) is 0 Å². The van der Waals surface area contributed by atoms with E-state index < -0.39 is 0 Å². The highest BCUT2D eigenvalue weighted by atomic mass is 16.5. The zero-order valence-corrected chi connectivity index (χ0v) is 17.2. The van der Waals surface area contributed by atoms with Gasteiger partial charge in [0.25, 0.3) is 0 Å². The number of nitrogens with one attached hydrogen (secondary N) is 2. The van der Waals surface area contributed by atoms with E-state index in [2.05, 4.69) is 30.5 Å². The van der Waals surface area contributed by atoms with Crippen molar-refractivity contribution in [3.05, 3.63) is 24.0 Å². The van der Waals surface area contributed by atoms with Crippen LogP contribution in [0.4, 0.5) is 22.4 Å². The number of aromatic nitrogens is 3. The van der Waals surface area contributed by atoms with Gasteiger partial charge in [0.2, 0.25) is 11.9 Å². The molecule has 29 heavy (non-hydrogen) atoms. The first-order valence-electron chi connectivity index (χ1n) is 9.43. The summed E-state index contributed by atoms with van der Waals surface area (Å²) in [5.74, 6) is 2.89. The molecular formula is C19H27N7O3. The van der Waals surface area contributed by atoms with Crippen molar-refractivity contribution < 1.29 is 14.3 Å². The Labute approximate surface area is 170 Å². The Bertz CT molecular complexity index is 831. The predicted molar refractivity (Wildman–Crippen MR) is 111 cm³/mol. The summed E-state index contributed by atoms with van der Waals surface area (Å²) >= 11 is 0. The van der Waals surface area contributed by atoms with Crippen molar-refractivity contribution in [3.8, 4) is 11.5 Å². The number of carbonyl (C=O) groups is 1. The van der Waals surface area contributed by atoms with Crippen LogP contribution >= 0.6 is 0 Å². The highest BCUT2D eigenvalue weighted by molar-refractivity contribution is 5.89. The van der Waals surface area contributed by atoms with Crippen molar-refractivity contribution in [3.63, 3.8) is 0 Å². The fourth-order valence-corrected chi connectivity index (χ4v) is 2.95. The number of carbonyl (C=O) groups excluding carboxylic acids is 1. The molecule has 10 heteroatoms. The number of ether oxygens (including phenoxy) is 2. The molecule has 1 aromatic carbocycles. The van der Waals surface area contributed by atoms with Gasteiger partial charge in [-0.15, -0.1) is 0 Å². The van der Waals surface area contributed by atoms with E-state index in [1.54, 1.807) is 32.4 Å². The summed E-state index contributed by atoms with van der Waals surface area (Å²) in [6.07, 6.45) is 2.26. The summed E-state index contributed by atoms with van der Waals surface area (Å²) in [5, 5.41) is 5.55. The van der Waals surface area contributed by atoms with Gasteiger partial charge < -0.3 is 29.9 Å². The second-order valence-corrected chi connectivity index (χ2v) is 6.85. The lowest BCUT2D eigenvalue weighted by Crippen LogP contribution is -2.30. The van der Waals surface area contributed by atoms with Gasteiger partial charge >= 0.3 is 6.03 Å². The third kappa shape index (κ3) is 5.37. The Morgan fingerprint density at radius 1 is 1.07 bits per heavy atom. The van der Waals surface area contributed by atoms with E-state index in [1.165, 1.54) is 0 Å². The number of rotatable bonds is 7. The monoisotopic (exact) mass is 401 g/mol. The van der Waals surface area contributed by atoms with Gasteiger partial charge in [0.15, 0.2) is 5.82 Å². The minimum atomic E-state index is -0.380. The van der Waals surface area contributed by atoms with Gasteiger partial charge in [-0.2, -0.15) is 15.0 Å². The van der Waals surface area contributed by atoms with Crippen molar-refractivity contribution in [1.29, 1.82) is 0 Å². The van der Waals surface area contributed by atoms with Crippen molar-refractivity contribution in [2.45, 2.75) is 19.4 Å².